The molecule has 0 spiro atoms. The number of nitrogen functional groups attached to an aromatic ring is 1. The van der Waals surface area contributed by atoms with Gasteiger partial charge >= 0.3 is 5.97 Å². The quantitative estimate of drug-likeness (QED) is 0.138. The third kappa shape index (κ3) is 5.35. The number of carboxylic acid groups (broad SMARTS) is 1. The number of para-hydroxylation sites is 1. The largest absolute Gasteiger partial charge is 0.477 e. The summed E-state index contributed by atoms with van der Waals surface area (Å²) in [4.78, 5) is 48.9. The smallest absolute Gasteiger partial charge is 0.353 e. The second-order valence-corrected chi connectivity index (χ2v) is 11.1. The lowest BCUT2D eigenvalue weighted by Crippen LogP contribution is -2.71. The van der Waals surface area contributed by atoms with Crippen molar-refractivity contribution in [2.24, 2.45) is 5.16 Å². The minimum atomic E-state index is -1.26. The van der Waals surface area contributed by atoms with Gasteiger partial charge in [-0.25, -0.2) is 18.9 Å². The predicted octanol–water partition coefficient (Wildman–Crippen LogP) is 2.09. The van der Waals surface area contributed by atoms with E-state index in [2.05, 4.69) is 20.6 Å². The summed E-state index contributed by atoms with van der Waals surface area (Å²) in [6.07, 6.45) is 1.61. The number of carboxylic acids is 1. The van der Waals surface area contributed by atoms with Crippen molar-refractivity contribution in [3.63, 3.8) is 0 Å². The molecule has 2 aliphatic heterocycles. The number of alkyl halides is 1. The summed E-state index contributed by atoms with van der Waals surface area (Å²) >= 11 is 3.60. The number of halogens is 1. The van der Waals surface area contributed by atoms with Crippen LogP contribution in [0.4, 0.5) is 9.52 Å². The minimum absolute atomic E-state index is 0.105. The number of carbonyl (C=O) groups is 3. The maximum atomic E-state index is 13.1. The zero-order chi connectivity index (χ0) is 27.5. The van der Waals surface area contributed by atoms with Crippen LogP contribution in [0, 0.1) is 0 Å². The number of benzene rings is 1. The van der Waals surface area contributed by atoms with E-state index in [0.717, 1.165) is 17.0 Å². The fourth-order valence-corrected chi connectivity index (χ4v) is 6.97. The monoisotopic (exact) mass is 589 g/mol. The van der Waals surface area contributed by atoms with Gasteiger partial charge in [-0.05, 0) is 18.2 Å². The van der Waals surface area contributed by atoms with Crippen LogP contribution in [0.5, 0.6) is 0 Å². The average molecular weight is 590 g/mol. The van der Waals surface area contributed by atoms with Crippen molar-refractivity contribution in [2.45, 2.75) is 16.4 Å². The minimum Gasteiger partial charge on any atom is -0.477 e. The summed E-state index contributed by atoms with van der Waals surface area (Å²) in [7, 11) is 0. The van der Waals surface area contributed by atoms with Crippen LogP contribution in [-0.4, -0.2) is 78.7 Å². The van der Waals surface area contributed by atoms with Gasteiger partial charge in [0.15, 0.2) is 10.8 Å². The Morgan fingerprint density at radius 2 is 2.10 bits per heavy atom. The highest BCUT2D eigenvalue weighted by molar-refractivity contribution is 8.06. The zero-order valence-electron chi connectivity index (χ0n) is 19.9. The number of hydrogen-bond acceptors (Lipinski definition) is 11. The molecule has 2 amide bonds. The predicted molar refractivity (Wildman–Crippen MR) is 144 cm³/mol. The van der Waals surface area contributed by atoms with Gasteiger partial charge in [-0.2, -0.15) is 5.10 Å². The van der Waals surface area contributed by atoms with Crippen molar-refractivity contribution in [1.29, 1.82) is 0 Å². The van der Waals surface area contributed by atoms with Gasteiger partial charge in [0.1, 0.15) is 41.1 Å². The van der Waals surface area contributed by atoms with Crippen LogP contribution >= 0.6 is 34.9 Å². The maximum absolute atomic E-state index is 13.1. The Morgan fingerprint density at radius 3 is 2.79 bits per heavy atom. The van der Waals surface area contributed by atoms with E-state index in [0.29, 0.717) is 9.93 Å². The number of oxime groups is 1. The van der Waals surface area contributed by atoms with Crippen molar-refractivity contribution < 1.29 is 28.7 Å². The number of β-lactam (4-membered cyclic amide) rings is 1. The van der Waals surface area contributed by atoms with Crippen LogP contribution in [-0.2, 0) is 19.2 Å². The van der Waals surface area contributed by atoms with E-state index in [1.807, 2.05) is 30.3 Å². The van der Waals surface area contributed by atoms with Gasteiger partial charge in [-0.15, -0.1) is 23.1 Å². The number of carbonyl (C=O) groups excluding carboxylic acids is 2. The SMILES string of the molecule is Nc1nc(/C(=N/OCCF)C(=O)N[C@@H]2C(=O)N3C(C(=O)O)=C(Sc4ccnn4-c4ccccc4)CS[C@@H]23)cs1. The van der Waals surface area contributed by atoms with Crippen LogP contribution in [0.25, 0.3) is 5.69 Å². The molecule has 2 atom stereocenters. The van der Waals surface area contributed by atoms with Crippen molar-refractivity contribution in [3.05, 3.63) is 64.3 Å². The van der Waals surface area contributed by atoms with Gasteiger partial charge in [-0.1, -0.05) is 35.1 Å². The number of aromatic nitrogens is 3. The van der Waals surface area contributed by atoms with E-state index < -0.39 is 35.9 Å². The molecular weight excluding hydrogens is 569 g/mol. The number of hydrogen-bond donors (Lipinski definition) is 3. The zero-order valence-corrected chi connectivity index (χ0v) is 22.3. The third-order valence-corrected chi connectivity index (χ3v) is 8.80. The molecule has 0 aliphatic carbocycles. The molecule has 0 bridgehead atoms. The van der Waals surface area contributed by atoms with Crippen LogP contribution in [0.1, 0.15) is 5.69 Å². The summed E-state index contributed by atoms with van der Waals surface area (Å²) in [5.74, 6) is -2.34. The molecular formula is C23H20FN7O5S3. The van der Waals surface area contributed by atoms with Crippen molar-refractivity contribution in [2.75, 3.05) is 24.8 Å². The number of amides is 2. The van der Waals surface area contributed by atoms with Gasteiger partial charge < -0.3 is 21.0 Å². The Labute approximate surface area is 233 Å². The number of thioether (sulfide) groups is 2. The number of aliphatic carboxylic acids is 1. The molecule has 4 heterocycles. The Morgan fingerprint density at radius 1 is 1.31 bits per heavy atom. The lowest BCUT2D eigenvalue weighted by molar-refractivity contribution is -0.150. The molecule has 39 heavy (non-hydrogen) atoms. The summed E-state index contributed by atoms with van der Waals surface area (Å²) in [6.45, 7) is -1.19. The lowest BCUT2D eigenvalue weighted by Gasteiger charge is -2.49. The van der Waals surface area contributed by atoms with Crippen LogP contribution in [0.15, 0.2) is 68.8 Å². The molecule has 202 valence electrons. The molecule has 2 aromatic heterocycles. The van der Waals surface area contributed by atoms with Crippen LogP contribution in [0.3, 0.4) is 0 Å². The fourth-order valence-electron chi connectivity index (χ4n) is 3.88. The molecule has 5 rings (SSSR count). The average Bonchev–Trinajstić information content (AvgIpc) is 3.58. The molecule has 0 unspecified atom stereocenters. The molecule has 12 nitrogen and oxygen atoms in total. The Bertz CT molecular complexity index is 1480. The molecule has 4 N–H and O–H groups in total. The highest BCUT2D eigenvalue weighted by Gasteiger charge is 2.54. The molecule has 0 radical (unpaired) electrons. The van der Waals surface area contributed by atoms with Crippen molar-refractivity contribution in [3.8, 4) is 5.69 Å². The van der Waals surface area contributed by atoms with Crippen LogP contribution in [0.2, 0.25) is 0 Å². The standard InChI is InChI=1S/C23H20FN7O5S3/c24-7-9-36-29-16(13-10-38-23(25)27-13)19(32)28-17-20(33)30-18(22(34)35)14(11-37-21(17)30)39-15-6-8-26-31(15)12-4-2-1-3-5-12/h1-6,8,10,17,21H,7,9,11H2,(H2,25,27)(H,28,32)(H,34,35)/b29-16-/t17-,21+/m1/s1. The number of nitrogens with one attached hydrogen (secondary N) is 1. The van der Waals surface area contributed by atoms with Crippen molar-refractivity contribution >= 4 is 63.5 Å². The van der Waals surface area contributed by atoms with E-state index >= 15 is 0 Å². The highest BCUT2D eigenvalue weighted by Crippen LogP contribution is 2.45. The summed E-state index contributed by atoms with van der Waals surface area (Å²) in [5.41, 5.74) is 6.15. The Hall–Kier alpha value is -3.89. The number of fused-ring (bicyclic) bond motifs is 1. The second kappa shape index (κ2) is 11.5. The Kier molecular flexibility index (Phi) is 7.85. The number of nitrogens with zero attached hydrogens (tertiary/aromatic N) is 5. The molecule has 2 aliphatic rings. The van der Waals surface area contributed by atoms with E-state index in [-0.39, 0.29) is 34.6 Å². The second-order valence-electron chi connectivity index (χ2n) is 7.99. The van der Waals surface area contributed by atoms with Gasteiger partial charge in [0.05, 0.1) is 11.9 Å². The van der Waals surface area contributed by atoms with E-state index in [9.17, 15) is 23.9 Å². The van der Waals surface area contributed by atoms with Crippen LogP contribution < -0.4 is 11.1 Å². The summed E-state index contributed by atoms with van der Waals surface area (Å²) in [5, 5.41) is 22.3. The topological polar surface area (TPSA) is 165 Å². The maximum Gasteiger partial charge on any atom is 0.353 e. The third-order valence-electron chi connectivity index (χ3n) is 5.56. The first-order chi connectivity index (χ1) is 18.9. The summed E-state index contributed by atoms with van der Waals surface area (Å²) in [6, 6.07) is 10.1. The number of nitrogens with two attached hydrogens (primary N) is 1. The van der Waals surface area contributed by atoms with Crippen molar-refractivity contribution in [1.82, 2.24) is 25.0 Å². The summed E-state index contributed by atoms with van der Waals surface area (Å²) < 4.78 is 14.2. The van der Waals surface area contributed by atoms with E-state index in [1.54, 1.807) is 16.9 Å². The normalized spacial score (nSPS) is 18.9. The fraction of sp³-hybridized carbons (Fsp3) is 0.217. The number of thiazole rings is 1. The molecule has 1 fully saturated rings. The van der Waals surface area contributed by atoms with E-state index in [4.69, 9.17) is 10.6 Å². The van der Waals surface area contributed by atoms with Gasteiger partial charge in [0, 0.05) is 16.0 Å². The first-order valence-electron chi connectivity index (χ1n) is 11.4. The van der Waals surface area contributed by atoms with E-state index in [1.165, 1.54) is 33.8 Å². The molecule has 3 aromatic rings. The van der Waals surface area contributed by atoms with Gasteiger partial charge in [0.2, 0.25) is 0 Å². The Balaban J connectivity index is 1.35. The first-order valence-corrected chi connectivity index (χ1v) is 14.1. The van der Waals surface area contributed by atoms with Gasteiger partial charge in [0.25, 0.3) is 11.8 Å². The van der Waals surface area contributed by atoms with Gasteiger partial charge in [-0.3, -0.25) is 14.5 Å². The highest BCUT2D eigenvalue weighted by atomic mass is 32.2. The lowest BCUT2D eigenvalue weighted by atomic mass is 10.0. The molecule has 1 saturated heterocycles. The molecule has 0 saturated carbocycles. The number of anilines is 1. The number of rotatable bonds is 10. The molecule has 1 aromatic carbocycles. The molecule has 16 heteroatoms. The first kappa shape index (κ1) is 26.7.